The van der Waals surface area contributed by atoms with Crippen LogP contribution < -0.4 is 10.2 Å². The number of aryl methyl sites for hydroxylation is 2. The Hall–Kier alpha value is -1.43. The van der Waals surface area contributed by atoms with Gasteiger partial charge < -0.3 is 15.0 Å². The Morgan fingerprint density at radius 3 is 2.81 bits per heavy atom. The number of rotatable bonds is 4. The van der Waals surface area contributed by atoms with E-state index in [1.54, 1.807) is 16.2 Å². The highest BCUT2D eigenvalue weighted by molar-refractivity contribution is 7.13. The third kappa shape index (κ3) is 3.81. The van der Waals surface area contributed by atoms with E-state index in [0.29, 0.717) is 0 Å². The maximum atomic E-state index is 5.39. The van der Waals surface area contributed by atoms with Crippen molar-refractivity contribution in [2.24, 2.45) is 0 Å². The molecule has 0 saturated carbocycles. The van der Waals surface area contributed by atoms with Gasteiger partial charge in [-0.2, -0.15) is 0 Å². The summed E-state index contributed by atoms with van der Waals surface area (Å²) in [6.45, 7) is 9.16. The molecule has 3 rings (SSSR count). The number of anilines is 2. The molecule has 0 bridgehead atoms. The summed E-state index contributed by atoms with van der Waals surface area (Å²) < 4.78 is 5.39. The summed E-state index contributed by atoms with van der Waals surface area (Å²) in [5.74, 6) is 0. The van der Waals surface area contributed by atoms with E-state index < -0.39 is 0 Å². The molecule has 1 aromatic heterocycles. The van der Waals surface area contributed by atoms with E-state index in [4.69, 9.17) is 9.72 Å². The smallest absolute Gasteiger partial charge is 0.187 e. The minimum absolute atomic E-state index is 0.868. The van der Waals surface area contributed by atoms with E-state index in [0.717, 1.165) is 43.7 Å². The Morgan fingerprint density at radius 1 is 1.24 bits per heavy atom. The molecule has 112 valence electrons. The number of nitrogens with zero attached hydrogens (tertiary/aromatic N) is 1. The van der Waals surface area contributed by atoms with Gasteiger partial charge in [-0.05, 0) is 37.1 Å². The molecule has 21 heavy (non-hydrogen) atoms. The molecule has 4 nitrogen and oxygen atoms in total. The second kappa shape index (κ2) is 6.56. The Labute approximate surface area is 129 Å². The number of thiazole rings is 1. The van der Waals surface area contributed by atoms with Crippen LogP contribution in [0, 0.1) is 13.8 Å². The fourth-order valence-electron chi connectivity index (χ4n) is 2.48. The van der Waals surface area contributed by atoms with Crippen molar-refractivity contribution in [1.29, 1.82) is 0 Å². The van der Waals surface area contributed by atoms with Gasteiger partial charge in [-0.15, -0.1) is 11.3 Å². The number of morpholine rings is 1. The van der Waals surface area contributed by atoms with Gasteiger partial charge in [0.15, 0.2) is 5.13 Å². The second-order valence-electron chi connectivity index (χ2n) is 5.61. The fourth-order valence-corrected chi connectivity index (χ4v) is 3.21. The molecule has 0 aliphatic carbocycles. The van der Waals surface area contributed by atoms with Crippen molar-refractivity contribution in [2.45, 2.75) is 20.4 Å². The number of benzene rings is 1. The van der Waals surface area contributed by atoms with Crippen LogP contribution in [0.5, 0.6) is 0 Å². The third-order valence-corrected chi connectivity index (χ3v) is 4.75. The van der Waals surface area contributed by atoms with Gasteiger partial charge in [0, 0.05) is 11.1 Å². The first-order valence-corrected chi connectivity index (χ1v) is 8.28. The van der Waals surface area contributed by atoms with E-state index in [2.05, 4.69) is 42.7 Å². The molecule has 1 aliphatic rings. The SMILES string of the molecule is Cc1ccc(Nc2nc(C[NH+]3CCOCC3)cs2)cc1C. The van der Waals surface area contributed by atoms with Crippen molar-refractivity contribution < 1.29 is 9.64 Å². The highest BCUT2D eigenvalue weighted by Crippen LogP contribution is 2.22. The van der Waals surface area contributed by atoms with Crippen LogP contribution in [-0.2, 0) is 11.3 Å². The van der Waals surface area contributed by atoms with Crippen LogP contribution in [0.25, 0.3) is 0 Å². The number of quaternary nitrogens is 1. The first-order chi connectivity index (χ1) is 10.2. The molecule has 2 aromatic rings. The number of aromatic nitrogens is 1. The van der Waals surface area contributed by atoms with Gasteiger partial charge in [-0.1, -0.05) is 6.07 Å². The van der Waals surface area contributed by atoms with Crippen LogP contribution in [0.2, 0.25) is 0 Å². The van der Waals surface area contributed by atoms with Gasteiger partial charge in [0.05, 0.1) is 13.2 Å². The van der Waals surface area contributed by atoms with Crippen molar-refractivity contribution in [2.75, 3.05) is 31.6 Å². The average Bonchev–Trinajstić information content (AvgIpc) is 2.91. The monoisotopic (exact) mass is 304 g/mol. The van der Waals surface area contributed by atoms with E-state index >= 15 is 0 Å². The predicted octanol–water partition coefficient (Wildman–Crippen LogP) is 1.92. The van der Waals surface area contributed by atoms with E-state index in [1.807, 2.05) is 0 Å². The summed E-state index contributed by atoms with van der Waals surface area (Å²) in [5.41, 5.74) is 4.90. The van der Waals surface area contributed by atoms with Gasteiger partial charge in [-0.3, -0.25) is 0 Å². The third-order valence-electron chi connectivity index (χ3n) is 3.94. The summed E-state index contributed by atoms with van der Waals surface area (Å²) in [6, 6.07) is 6.42. The highest BCUT2D eigenvalue weighted by Gasteiger charge is 2.15. The van der Waals surface area contributed by atoms with Gasteiger partial charge in [0.25, 0.3) is 0 Å². The molecule has 0 spiro atoms. The van der Waals surface area contributed by atoms with Gasteiger partial charge >= 0.3 is 0 Å². The lowest BCUT2D eigenvalue weighted by molar-refractivity contribution is -0.921. The number of hydrogen-bond donors (Lipinski definition) is 2. The van der Waals surface area contributed by atoms with Crippen molar-refractivity contribution in [1.82, 2.24) is 4.98 Å². The molecular formula is C16H22N3OS+. The topological polar surface area (TPSA) is 38.6 Å². The molecule has 5 heteroatoms. The Balaban J connectivity index is 1.62. The van der Waals surface area contributed by atoms with Crippen molar-refractivity contribution in [3.8, 4) is 0 Å². The van der Waals surface area contributed by atoms with Crippen molar-refractivity contribution in [3.63, 3.8) is 0 Å². The average molecular weight is 304 g/mol. The van der Waals surface area contributed by atoms with Crippen molar-refractivity contribution >= 4 is 22.2 Å². The minimum atomic E-state index is 0.868. The lowest BCUT2D eigenvalue weighted by Gasteiger charge is -2.22. The highest BCUT2D eigenvalue weighted by atomic mass is 32.1. The second-order valence-corrected chi connectivity index (χ2v) is 6.47. The van der Waals surface area contributed by atoms with Crippen LogP contribution in [0.4, 0.5) is 10.8 Å². The summed E-state index contributed by atoms with van der Waals surface area (Å²) >= 11 is 1.68. The Bertz CT molecular complexity index is 605. The molecular weight excluding hydrogens is 282 g/mol. The van der Waals surface area contributed by atoms with Crippen LogP contribution in [0.15, 0.2) is 23.6 Å². The quantitative estimate of drug-likeness (QED) is 0.906. The zero-order chi connectivity index (χ0) is 14.7. The molecule has 0 unspecified atom stereocenters. The number of ether oxygens (including phenoxy) is 1. The van der Waals surface area contributed by atoms with Crippen LogP contribution >= 0.6 is 11.3 Å². The largest absolute Gasteiger partial charge is 0.370 e. The fraction of sp³-hybridized carbons (Fsp3) is 0.438. The van der Waals surface area contributed by atoms with Gasteiger partial charge in [0.2, 0.25) is 0 Å². The zero-order valence-corrected chi connectivity index (χ0v) is 13.4. The van der Waals surface area contributed by atoms with Crippen molar-refractivity contribution in [3.05, 3.63) is 40.4 Å². The van der Waals surface area contributed by atoms with E-state index in [1.165, 1.54) is 16.8 Å². The van der Waals surface area contributed by atoms with Gasteiger partial charge in [-0.25, -0.2) is 4.98 Å². The minimum Gasteiger partial charge on any atom is -0.370 e. The normalized spacial score (nSPS) is 16.1. The molecule has 1 saturated heterocycles. The summed E-state index contributed by atoms with van der Waals surface area (Å²) in [7, 11) is 0. The molecule has 0 radical (unpaired) electrons. The first-order valence-electron chi connectivity index (χ1n) is 7.41. The van der Waals surface area contributed by atoms with Crippen LogP contribution in [-0.4, -0.2) is 31.3 Å². The van der Waals surface area contributed by atoms with E-state index in [-0.39, 0.29) is 0 Å². The van der Waals surface area contributed by atoms with Crippen LogP contribution in [0.3, 0.4) is 0 Å². The lowest BCUT2D eigenvalue weighted by atomic mass is 10.1. The summed E-state index contributed by atoms with van der Waals surface area (Å²) in [4.78, 5) is 6.26. The molecule has 1 fully saturated rings. The first kappa shape index (κ1) is 14.5. The lowest BCUT2D eigenvalue weighted by Crippen LogP contribution is -3.12. The zero-order valence-electron chi connectivity index (χ0n) is 12.6. The number of nitrogens with one attached hydrogen (secondary N) is 2. The molecule has 1 aromatic carbocycles. The summed E-state index contributed by atoms with van der Waals surface area (Å²) in [6.07, 6.45) is 0. The number of hydrogen-bond acceptors (Lipinski definition) is 4. The Morgan fingerprint density at radius 2 is 2.05 bits per heavy atom. The molecule has 0 atom stereocenters. The molecule has 2 heterocycles. The maximum Gasteiger partial charge on any atom is 0.187 e. The predicted molar refractivity (Wildman–Crippen MR) is 86.5 cm³/mol. The molecule has 2 N–H and O–H groups in total. The van der Waals surface area contributed by atoms with Crippen LogP contribution in [0.1, 0.15) is 16.8 Å². The standard InChI is InChI=1S/C16H21N3OS/c1-12-3-4-14(9-13(12)2)17-16-18-15(11-21-16)10-19-5-7-20-8-6-19/h3-4,9,11H,5-8,10H2,1-2H3,(H,17,18)/p+1. The molecule has 1 aliphatic heterocycles. The summed E-state index contributed by atoms with van der Waals surface area (Å²) in [5, 5.41) is 6.53. The van der Waals surface area contributed by atoms with Gasteiger partial charge in [0.1, 0.15) is 25.3 Å². The Kier molecular flexibility index (Phi) is 4.53. The molecule has 0 amide bonds. The van der Waals surface area contributed by atoms with E-state index in [9.17, 15) is 0 Å². The maximum absolute atomic E-state index is 5.39.